The number of carbonyl (C=O) groups is 1. The van der Waals surface area contributed by atoms with Crippen molar-refractivity contribution in [2.75, 3.05) is 6.54 Å². The van der Waals surface area contributed by atoms with E-state index in [0.29, 0.717) is 0 Å². The lowest BCUT2D eigenvalue weighted by atomic mass is 10.1. The largest absolute Gasteiger partial charge is 0.481 e. The van der Waals surface area contributed by atoms with Crippen LogP contribution < -0.4 is 5.32 Å². The number of carboxylic acid groups (broad SMARTS) is 1. The van der Waals surface area contributed by atoms with Crippen LogP contribution in [0.1, 0.15) is 39.5 Å². The molecule has 2 atom stereocenters. The highest BCUT2D eigenvalue weighted by Gasteiger charge is 2.44. The molecule has 102 valence electrons. The Morgan fingerprint density at radius 1 is 1.35 bits per heavy atom. The summed E-state index contributed by atoms with van der Waals surface area (Å²) < 4.78 is 36.9. The molecule has 6 heteroatoms. The van der Waals surface area contributed by atoms with Gasteiger partial charge in [0, 0.05) is 12.6 Å². The number of halogens is 3. The molecule has 2 N–H and O–H groups in total. The van der Waals surface area contributed by atoms with E-state index in [0.717, 1.165) is 25.7 Å². The lowest BCUT2D eigenvalue weighted by Crippen LogP contribution is -2.41. The molecule has 0 aromatic heterocycles. The molecule has 0 saturated heterocycles. The van der Waals surface area contributed by atoms with Gasteiger partial charge in [0.25, 0.3) is 0 Å². The highest BCUT2D eigenvalue weighted by molar-refractivity contribution is 5.71. The van der Waals surface area contributed by atoms with E-state index in [1.807, 2.05) is 6.92 Å². The molecule has 0 aliphatic rings. The highest BCUT2D eigenvalue weighted by atomic mass is 19.4. The Labute approximate surface area is 99.4 Å². The van der Waals surface area contributed by atoms with Gasteiger partial charge in [0.1, 0.15) is 0 Å². The van der Waals surface area contributed by atoms with Crippen LogP contribution in [0.15, 0.2) is 0 Å². The van der Waals surface area contributed by atoms with Gasteiger partial charge in [0.15, 0.2) is 5.92 Å². The lowest BCUT2D eigenvalue weighted by molar-refractivity contribution is -0.192. The Morgan fingerprint density at radius 2 is 1.94 bits per heavy atom. The Bertz CT molecular complexity index is 231. The van der Waals surface area contributed by atoms with Crippen LogP contribution in [0.25, 0.3) is 0 Å². The first-order valence-electron chi connectivity index (χ1n) is 5.82. The number of carboxylic acids is 1. The van der Waals surface area contributed by atoms with E-state index >= 15 is 0 Å². The van der Waals surface area contributed by atoms with Crippen molar-refractivity contribution in [1.29, 1.82) is 0 Å². The molecule has 0 fully saturated rings. The van der Waals surface area contributed by atoms with Crippen molar-refractivity contribution in [2.24, 2.45) is 5.92 Å². The van der Waals surface area contributed by atoms with Gasteiger partial charge in [-0.25, -0.2) is 0 Å². The van der Waals surface area contributed by atoms with E-state index < -0.39 is 24.6 Å². The van der Waals surface area contributed by atoms with Gasteiger partial charge in [-0.15, -0.1) is 0 Å². The average molecular weight is 255 g/mol. The maximum absolute atomic E-state index is 12.3. The first kappa shape index (κ1) is 16.2. The van der Waals surface area contributed by atoms with Crippen molar-refractivity contribution < 1.29 is 23.1 Å². The third kappa shape index (κ3) is 7.20. The summed E-state index contributed by atoms with van der Waals surface area (Å²) in [4.78, 5) is 10.5. The minimum absolute atomic E-state index is 0.0919. The molecule has 0 aromatic rings. The Balaban J connectivity index is 4.01. The highest BCUT2D eigenvalue weighted by Crippen LogP contribution is 2.26. The van der Waals surface area contributed by atoms with Crippen molar-refractivity contribution in [2.45, 2.75) is 51.7 Å². The summed E-state index contributed by atoms with van der Waals surface area (Å²) in [6, 6.07) is -0.0919. The molecule has 0 bridgehead atoms. The first-order valence-corrected chi connectivity index (χ1v) is 5.82. The van der Waals surface area contributed by atoms with Crippen molar-refractivity contribution in [1.82, 2.24) is 5.32 Å². The molecule has 0 aliphatic heterocycles. The maximum atomic E-state index is 12.3. The number of hydrogen-bond acceptors (Lipinski definition) is 2. The zero-order valence-electron chi connectivity index (χ0n) is 10.2. The second-order valence-electron chi connectivity index (χ2n) is 4.24. The maximum Gasteiger partial charge on any atom is 0.403 e. The predicted octanol–water partition coefficient (Wildman–Crippen LogP) is 2.81. The van der Waals surface area contributed by atoms with E-state index in [2.05, 4.69) is 5.32 Å². The van der Waals surface area contributed by atoms with Gasteiger partial charge >= 0.3 is 12.1 Å². The molecule has 2 unspecified atom stereocenters. The quantitative estimate of drug-likeness (QED) is 0.656. The normalized spacial score (nSPS) is 15.6. The van der Waals surface area contributed by atoms with Crippen molar-refractivity contribution in [3.63, 3.8) is 0 Å². The number of unbranched alkanes of at least 4 members (excludes halogenated alkanes) is 2. The lowest BCUT2D eigenvalue weighted by Gasteiger charge is -2.19. The first-order chi connectivity index (χ1) is 7.79. The molecule has 3 nitrogen and oxygen atoms in total. The molecular formula is C11H20F3NO2. The number of hydrogen-bond donors (Lipinski definition) is 2. The summed E-state index contributed by atoms with van der Waals surface area (Å²) in [6.45, 7) is 3.25. The van der Waals surface area contributed by atoms with Gasteiger partial charge in [-0.3, -0.25) is 4.79 Å². The molecular weight excluding hydrogens is 235 g/mol. The Hall–Kier alpha value is -0.780. The van der Waals surface area contributed by atoms with Crippen LogP contribution in [0, 0.1) is 5.92 Å². The van der Waals surface area contributed by atoms with Gasteiger partial charge in [-0.1, -0.05) is 26.2 Å². The van der Waals surface area contributed by atoms with Crippen LogP contribution in [-0.2, 0) is 4.79 Å². The second kappa shape index (κ2) is 7.53. The van der Waals surface area contributed by atoms with Gasteiger partial charge in [-0.05, 0) is 13.3 Å². The van der Waals surface area contributed by atoms with E-state index in [1.54, 1.807) is 6.92 Å². The molecule has 17 heavy (non-hydrogen) atoms. The second-order valence-corrected chi connectivity index (χ2v) is 4.24. The number of rotatable bonds is 8. The number of alkyl halides is 3. The fourth-order valence-electron chi connectivity index (χ4n) is 1.46. The molecule has 0 amide bonds. The predicted molar refractivity (Wildman–Crippen MR) is 58.8 cm³/mol. The summed E-state index contributed by atoms with van der Waals surface area (Å²) in [5.74, 6) is -4.15. The summed E-state index contributed by atoms with van der Waals surface area (Å²) in [7, 11) is 0. The fourth-order valence-corrected chi connectivity index (χ4v) is 1.46. The number of aliphatic carboxylic acids is 1. The summed E-state index contributed by atoms with van der Waals surface area (Å²) in [5.41, 5.74) is 0. The van der Waals surface area contributed by atoms with Gasteiger partial charge in [-0.2, -0.15) is 13.2 Å². The van der Waals surface area contributed by atoms with Gasteiger partial charge in [0.2, 0.25) is 0 Å². The van der Waals surface area contributed by atoms with Crippen LogP contribution in [-0.4, -0.2) is 29.8 Å². The summed E-state index contributed by atoms with van der Waals surface area (Å²) >= 11 is 0. The Morgan fingerprint density at radius 3 is 2.35 bits per heavy atom. The molecule has 0 aromatic carbocycles. The van der Waals surface area contributed by atoms with Crippen LogP contribution >= 0.6 is 0 Å². The standard InChI is InChI=1S/C11H20F3NO2/c1-3-4-5-6-8(2)15-7-9(10(16)17)11(12,13)14/h8-9,15H,3-7H2,1-2H3,(H,16,17). The SMILES string of the molecule is CCCCCC(C)NCC(C(=O)O)C(F)(F)F. The van der Waals surface area contributed by atoms with Gasteiger partial charge in [0.05, 0.1) is 0 Å². The van der Waals surface area contributed by atoms with Crippen LogP contribution in [0.4, 0.5) is 13.2 Å². The smallest absolute Gasteiger partial charge is 0.403 e. The zero-order chi connectivity index (χ0) is 13.5. The zero-order valence-corrected chi connectivity index (χ0v) is 10.2. The van der Waals surface area contributed by atoms with Crippen molar-refractivity contribution >= 4 is 5.97 Å². The monoisotopic (exact) mass is 255 g/mol. The van der Waals surface area contributed by atoms with E-state index in [4.69, 9.17) is 5.11 Å². The minimum atomic E-state index is -4.69. The van der Waals surface area contributed by atoms with Crippen LogP contribution in [0.3, 0.4) is 0 Å². The van der Waals surface area contributed by atoms with E-state index in [-0.39, 0.29) is 6.04 Å². The molecule has 0 aliphatic carbocycles. The van der Waals surface area contributed by atoms with Crippen LogP contribution in [0.2, 0.25) is 0 Å². The molecule has 0 heterocycles. The Kier molecular flexibility index (Phi) is 7.18. The van der Waals surface area contributed by atoms with E-state index in [9.17, 15) is 18.0 Å². The third-order valence-electron chi connectivity index (χ3n) is 2.60. The average Bonchev–Trinajstić information content (AvgIpc) is 2.15. The minimum Gasteiger partial charge on any atom is -0.481 e. The van der Waals surface area contributed by atoms with Crippen molar-refractivity contribution in [3.8, 4) is 0 Å². The molecule has 0 radical (unpaired) electrons. The van der Waals surface area contributed by atoms with Crippen LogP contribution in [0.5, 0.6) is 0 Å². The van der Waals surface area contributed by atoms with Crippen molar-refractivity contribution in [3.05, 3.63) is 0 Å². The fraction of sp³-hybridized carbons (Fsp3) is 0.909. The van der Waals surface area contributed by atoms with Gasteiger partial charge < -0.3 is 10.4 Å². The summed E-state index contributed by atoms with van der Waals surface area (Å²) in [6.07, 6.45) is -0.908. The number of nitrogens with one attached hydrogen (secondary N) is 1. The molecule has 0 rings (SSSR count). The summed E-state index contributed by atoms with van der Waals surface area (Å²) in [5, 5.41) is 11.1. The topological polar surface area (TPSA) is 49.3 Å². The van der Waals surface area contributed by atoms with E-state index in [1.165, 1.54) is 0 Å². The molecule has 0 spiro atoms. The third-order valence-corrected chi connectivity index (χ3v) is 2.60. The molecule has 0 saturated carbocycles.